The third-order valence-corrected chi connectivity index (χ3v) is 5.57. The number of nitrogens with zero attached hydrogens (tertiary/aromatic N) is 2. The Hall–Kier alpha value is -1.50. The van der Waals surface area contributed by atoms with Gasteiger partial charge < -0.3 is 19.6 Å². The number of carbonyl (C=O) groups excluding carboxylic acids is 1. The van der Waals surface area contributed by atoms with Gasteiger partial charge in [-0.05, 0) is 49.7 Å². The molecule has 0 aliphatic carbocycles. The van der Waals surface area contributed by atoms with E-state index in [0.29, 0.717) is 34.7 Å². The van der Waals surface area contributed by atoms with E-state index in [1.807, 2.05) is 30.3 Å². The second kappa shape index (κ2) is 9.54. The zero-order valence-corrected chi connectivity index (χ0v) is 18.5. The van der Waals surface area contributed by atoms with Crippen LogP contribution in [0.2, 0.25) is 15.1 Å². The van der Waals surface area contributed by atoms with Gasteiger partial charge in [0, 0.05) is 29.7 Å². The number of rotatable bonds is 5. The van der Waals surface area contributed by atoms with Crippen molar-refractivity contribution in [2.45, 2.75) is 32.3 Å². The van der Waals surface area contributed by atoms with E-state index in [4.69, 9.17) is 39.5 Å². The smallest absolute Gasteiger partial charge is 0.279 e. The van der Waals surface area contributed by atoms with E-state index in [9.17, 15) is 9.90 Å². The van der Waals surface area contributed by atoms with Gasteiger partial charge in [-0.1, -0.05) is 46.9 Å². The average Bonchev–Trinajstić information content (AvgIpc) is 2.67. The van der Waals surface area contributed by atoms with Crippen LogP contribution in [0.25, 0.3) is 0 Å². The molecule has 1 amide bonds. The van der Waals surface area contributed by atoms with Crippen molar-refractivity contribution in [3.8, 4) is 0 Å². The SMILES string of the molecule is CC(C)OC(O)C(=O)N1CCN(c2ccc(Cl)cc2Cl)[C@H](c2ccc(Cl)cc2)C1. The molecule has 2 aromatic rings. The maximum atomic E-state index is 12.7. The molecule has 2 aromatic carbocycles. The summed E-state index contributed by atoms with van der Waals surface area (Å²) in [7, 11) is 0. The molecule has 1 fully saturated rings. The minimum Gasteiger partial charge on any atom is -0.360 e. The molecule has 1 saturated heterocycles. The van der Waals surface area contributed by atoms with Crippen LogP contribution in [0.4, 0.5) is 5.69 Å². The van der Waals surface area contributed by atoms with Gasteiger partial charge in [-0.25, -0.2) is 0 Å². The van der Waals surface area contributed by atoms with Crippen molar-refractivity contribution in [2.24, 2.45) is 0 Å². The first-order valence-corrected chi connectivity index (χ1v) is 10.5. The van der Waals surface area contributed by atoms with Crippen molar-refractivity contribution < 1.29 is 14.6 Å². The standard InChI is InChI=1S/C21H23Cl3N2O3/c1-13(2)29-21(28)20(27)25-9-10-26(18-8-7-16(23)11-17(18)24)19(12-25)14-3-5-15(22)6-4-14/h3-8,11,13,19,21,28H,9-10,12H2,1-2H3/t19-,21?/m0/s1. The summed E-state index contributed by atoms with van der Waals surface area (Å²) >= 11 is 18.6. The first-order valence-electron chi connectivity index (χ1n) is 9.35. The van der Waals surface area contributed by atoms with Gasteiger partial charge in [0.25, 0.3) is 5.91 Å². The summed E-state index contributed by atoms with van der Waals surface area (Å²) in [6, 6.07) is 12.7. The molecule has 1 N–H and O–H groups in total. The second-order valence-electron chi connectivity index (χ2n) is 7.18. The largest absolute Gasteiger partial charge is 0.360 e. The lowest BCUT2D eigenvalue weighted by atomic mass is 10.0. The van der Waals surface area contributed by atoms with Gasteiger partial charge in [0.1, 0.15) is 0 Å². The number of carbonyl (C=O) groups is 1. The van der Waals surface area contributed by atoms with Crippen LogP contribution in [0, 0.1) is 0 Å². The molecule has 1 unspecified atom stereocenters. The Morgan fingerprint density at radius 2 is 1.72 bits per heavy atom. The Labute approximate surface area is 185 Å². The van der Waals surface area contributed by atoms with Gasteiger partial charge >= 0.3 is 0 Å². The number of hydrogen-bond acceptors (Lipinski definition) is 4. The van der Waals surface area contributed by atoms with Crippen molar-refractivity contribution in [1.29, 1.82) is 0 Å². The number of aliphatic hydroxyl groups excluding tert-OH is 1. The fourth-order valence-corrected chi connectivity index (χ4v) is 4.07. The predicted molar refractivity (Wildman–Crippen MR) is 117 cm³/mol. The molecule has 1 aliphatic rings. The summed E-state index contributed by atoms with van der Waals surface area (Å²) in [5.74, 6) is -0.445. The van der Waals surface area contributed by atoms with Gasteiger partial charge in [0.2, 0.25) is 6.29 Å². The first kappa shape index (κ1) is 22.2. The van der Waals surface area contributed by atoms with Crippen molar-refractivity contribution in [1.82, 2.24) is 4.90 Å². The zero-order chi connectivity index (χ0) is 21.1. The summed E-state index contributed by atoms with van der Waals surface area (Å²) in [5.41, 5.74) is 1.82. The van der Waals surface area contributed by atoms with Gasteiger partial charge in [0.05, 0.1) is 22.9 Å². The average molecular weight is 458 g/mol. The number of piperazine rings is 1. The molecule has 8 heteroatoms. The number of benzene rings is 2. The number of anilines is 1. The van der Waals surface area contributed by atoms with Crippen LogP contribution in [-0.4, -0.2) is 47.9 Å². The van der Waals surface area contributed by atoms with Crippen LogP contribution in [0.5, 0.6) is 0 Å². The highest BCUT2D eigenvalue weighted by Crippen LogP contribution is 2.37. The Balaban J connectivity index is 1.90. The molecule has 0 bridgehead atoms. The van der Waals surface area contributed by atoms with Crippen molar-refractivity contribution in [2.75, 3.05) is 24.5 Å². The van der Waals surface area contributed by atoms with E-state index in [2.05, 4.69) is 4.90 Å². The molecule has 2 atom stereocenters. The molecule has 156 valence electrons. The second-order valence-corrected chi connectivity index (χ2v) is 8.46. The van der Waals surface area contributed by atoms with Crippen molar-refractivity contribution >= 4 is 46.4 Å². The maximum absolute atomic E-state index is 12.7. The minimum atomic E-state index is -1.48. The van der Waals surface area contributed by atoms with Crippen LogP contribution in [0.1, 0.15) is 25.5 Å². The van der Waals surface area contributed by atoms with Gasteiger partial charge in [0.15, 0.2) is 0 Å². The van der Waals surface area contributed by atoms with Gasteiger partial charge in [-0.2, -0.15) is 0 Å². The summed E-state index contributed by atoms with van der Waals surface area (Å²) in [4.78, 5) is 16.4. The van der Waals surface area contributed by atoms with E-state index in [1.165, 1.54) is 0 Å². The fraction of sp³-hybridized carbons (Fsp3) is 0.381. The lowest BCUT2D eigenvalue weighted by Gasteiger charge is -2.43. The van der Waals surface area contributed by atoms with Crippen LogP contribution >= 0.6 is 34.8 Å². The highest BCUT2D eigenvalue weighted by Gasteiger charge is 2.34. The molecule has 0 aromatic heterocycles. The third kappa shape index (κ3) is 5.36. The van der Waals surface area contributed by atoms with Gasteiger partial charge in [-0.3, -0.25) is 4.79 Å². The molecule has 3 rings (SSSR count). The molecular formula is C21H23Cl3N2O3. The Kier molecular flexibility index (Phi) is 7.30. The lowest BCUT2D eigenvalue weighted by molar-refractivity contribution is -0.177. The van der Waals surface area contributed by atoms with E-state index in [0.717, 1.165) is 11.3 Å². The zero-order valence-electron chi connectivity index (χ0n) is 16.2. The molecule has 29 heavy (non-hydrogen) atoms. The summed E-state index contributed by atoms with van der Waals surface area (Å²) in [6.07, 6.45) is -1.73. The quantitative estimate of drug-likeness (QED) is 0.657. The Bertz CT molecular complexity index is 861. The minimum absolute atomic E-state index is 0.171. The molecule has 1 heterocycles. The number of hydrogen-bond donors (Lipinski definition) is 1. The Morgan fingerprint density at radius 1 is 1.07 bits per heavy atom. The molecule has 0 saturated carbocycles. The molecule has 0 spiro atoms. The number of halogens is 3. The first-order chi connectivity index (χ1) is 13.8. The highest BCUT2D eigenvalue weighted by molar-refractivity contribution is 6.36. The topological polar surface area (TPSA) is 53.0 Å². The normalized spacial score (nSPS) is 18.2. The number of amides is 1. The summed E-state index contributed by atoms with van der Waals surface area (Å²) in [6.45, 7) is 4.88. The van der Waals surface area contributed by atoms with Crippen LogP contribution < -0.4 is 4.90 Å². The highest BCUT2D eigenvalue weighted by atomic mass is 35.5. The van der Waals surface area contributed by atoms with Crippen LogP contribution in [-0.2, 0) is 9.53 Å². The lowest BCUT2D eigenvalue weighted by Crippen LogP contribution is -2.53. The van der Waals surface area contributed by atoms with Crippen LogP contribution in [0.3, 0.4) is 0 Å². The summed E-state index contributed by atoms with van der Waals surface area (Å²) < 4.78 is 5.26. The van der Waals surface area contributed by atoms with E-state index >= 15 is 0 Å². The van der Waals surface area contributed by atoms with Crippen molar-refractivity contribution in [3.05, 3.63) is 63.1 Å². The van der Waals surface area contributed by atoms with Crippen molar-refractivity contribution in [3.63, 3.8) is 0 Å². The van der Waals surface area contributed by atoms with E-state index in [-0.39, 0.29) is 12.1 Å². The van der Waals surface area contributed by atoms with E-state index < -0.39 is 12.2 Å². The third-order valence-electron chi connectivity index (χ3n) is 4.78. The molecule has 0 radical (unpaired) electrons. The maximum Gasteiger partial charge on any atom is 0.279 e. The summed E-state index contributed by atoms with van der Waals surface area (Å²) in [5, 5.41) is 11.8. The number of ether oxygens (including phenoxy) is 1. The fourth-order valence-electron chi connectivity index (χ4n) is 3.43. The molecular weight excluding hydrogens is 435 g/mol. The molecule has 5 nitrogen and oxygen atoms in total. The monoisotopic (exact) mass is 456 g/mol. The van der Waals surface area contributed by atoms with Crippen LogP contribution in [0.15, 0.2) is 42.5 Å². The van der Waals surface area contributed by atoms with Gasteiger partial charge in [-0.15, -0.1) is 0 Å². The molecule has 1 aliphatic heterocycles. The predicted octanol–water partition coefficient (Wildman–Crippen LogP) is 4.78. The van der Waals surface area contributed by atoms with E-state index in [1.54, 1.807) is 30.9 Å². The number of aliphatic hydroxyl groups is 1. The Morgan fingerprint density at radius 3 is 2.34 bits per heavy atom.